The monoisotopic (exact) mass is 590 g/mol. The maximum Gasteiger partial charge on any atom is 0.417 e. The van der Waals surface area contributed by atoms with E-state index in [4.69, 9.17) is 10.00 Å². The molecule has 2 N–H and O–H groups in total. The molecule has 1 unspecified atom stereocenters. The van der Waals surface area contributed by atoms with Crippen LogP contribution in [0.3, 0.4) is 0 Å². The third-order valence-corrected chi connectivity index (χ3v) is 7.64. The van der Waals surface area contributed by atoms with E-state index in [9.17, 15) is 31.5 Å². The molecule has 0 fully saturated rings. The fourth-order valence-corrected chi connectivity index (χ4v) is 5.21. The molecule has 0 aliphatic carbocycles. The summed E-state index contributed by atoms with van der Waals surface area (Å²) in [5.41, 5.74) is -4.72. The number of halogens is 4. The highest BCUT2D eigenvalue weighted by Gasteiger charge is 2.38. The number of amides is 1. The number of sulfone groups is 1. The zero-order chi connectivity index (χ0) is 27.0. The average molecular weight is 591 g/mol. The van der Waals surface area contributed by atoms with Crippen LogP contribution in [0.15, 0.2) is 47.4 Å². The first kappa shape index (κ1) is 29.6. The molecule has 7 nitrogen and oxygen atoms in total. The topological polar surface area (TPSA) is 116 Å². The van der Waals surface area contributed by atoms with E-state index in [0.717, 1.165) is 50.1 Å². The molecule has 0 aromatic heterocycles. The molecule has 2 rings (SSSR count). The SMILES string of the molecule is CC(O)(CS(=O)(=O)c1ccc(OCCCCCCBr)cc1)C(=O)Nc1ccc(C#N)c(C(F)(F)F)c1. The van der Waals surface area contributed by atoms with Crippen molar-refractivity contribution < 1.29 is 36.2 Å². The van der Waals surface area contributed by atoms with Gasteiger partial charge in [-0.15, -0.1) is 0 Å². The number of carbonyl (C=O) groups excluding carboxylic acids is 1. The van der Waals surface area contributed by atoms with Gasteiger partial charge in [0.05, 0.1) is 34.5 Å². The van der Waals surface area contributed by atoms with Crippen molar-refractivity contribution in [2.75, 3.05) is 23.0 Å². The number of alkyl halides is 4. The molecule has 0 saturated heterocycles. The molecule has 36 heavy (non-hydrogen) atoms. The number of benzene rings is 2. The standard InChI is InChI=1S/C24H26BrF3N2O5S/c1-23(32,22(31)30-18-7-6-17(15-29)21(14-18)24(26,27)28)16-36(33,34)20-10-8-19(9-11-20)35-13-5-3-2-4-12-25/h6-11,14,32H,2-5,12-13,16H2,1H3,(H,30,31). The lowest BCUT2D eigenvalue weighted by molar-refractivity contribution is -0.137. The Morgan fingerprint density at radius 1 is 1.11 bits per heavy atom. The van der Waals surface area contributed by atoms with Gasteiger partial charge in [-0.25, -0.2) is 8.42 Å². The lowest BCUT2D eigenvalue weighted by Crippen LogP contribution is -2.45. The van der Waals surface area contributed by atoms with Crippen molar-refractivity contribution in [1.82, 2.24) is 0 Å². The summed E-state index contributed by atoms with van der Waals surface area (Å²) in [5.74, 6) is -1.76. The van der Waals surface area contributed by atoms with Crippen molar-refractivity contribution in [3.8, 4) is 11.8 Å². The molecule has 12 heteroatoms. The highest BCUT2D eigenvalue weighted by Crippen LogP contribution is 2.33. The number of hydrogen-bond acceptors (Lipinski definition) is 6. The fraction of sp³-hybridized carbons (Fsp3) is 0.417. The van der Waals surface area contributed by atoms with E-state index in [1.54, 1.807) is 0 Å². The first-order valence-electron chi connectivity index (χ1n) is 11.0. The van der Waals surface area contributed by atoms with E-state index in [1.165, 1.54) is 30.3 Å². The van der Waals surface area contributed by atoms with Gasteiger partial charge in [-0.05, 0) is 62.2 Å². The van der Waals surface area contributed by atoms with Gasteiger partial charge in [0.1, 0.15) is 5.75 Å². The molecule has 196 valence electrons. The van der Waals surface area contributed by atoms with Crippen LogP contribution in [0, 0.1) is 11.3 Å². The molecule has 0 saturated carbocycles. The predicted octanol–water partition coefficient (Wildman–Crippen LogP) is 5.07. The largest absolute Gasteiger partial charge is 0.494 e. The number of nitrogens with zero attached hydrogens (tertiary/aromatic N) is 1. The zero-order valence-corrected chi connectivity index (χ0v) is 21.8. The Morgan fingerprint density at radius 3 is 2.33 bits per heavy atom. The second kappa shape index (κ2) is 12.6. The van der Waals surface area contributed by atoms with Crippen LogP contribution in [0.5, 0.6) is 5.75 Å². The molecule has 0 heterocycles. The van der Waals surface area contributed by atoms with Gasteiger partial charge in [-0.3, -0.25) is 4.79 Å². The summed E-state index contributed by atoms with van der Waals surface area (Å²) < 4.78 is 70.6. The van der Waals surface area contributed by atoms with Gasteiger partial charge in [-0.1, -0.05) is 28.8 Å². The first-order chi connectivity index (χ1) is 16.8. The summed E-state index contributed by atoms with van der Waals surface area (Å²) in [6, 6.07) is 9.40. The molecule has 0 spiro atoms. The molecule has 0 bridgehead atoms. The third-order valence-electron chi connectivity index (χ3n) is 5.14. The normalized spacial score (nSPS) is 13.5. The van der Waals surface area contributed by atoms with E-state index in [0.29, 0.717) is 18.4 Å². The van der Waals surface area contributed by atoms with E-state index in [-0.39, 0.29) is 10.6 Å². The number of nitriles is 1. The van der Waals surface area contributed by atoms with Crippen LogP contribution in [-0.2, 0) is 20.8 Å². The quantitative estimate of drug-likeness (QED) is 0.263. The van der Waals surface area contributed by atoms with Gasteiger partial charge in [0.15, 0.2) is 15.4 Å². The van der Waals surface area contributed by atoms with Gasteiger partial charge in [0.25, 0.3) is 5.91 Å². The van der Waals surface area contributed by atoms with Gasteiger partial charge in [0, 0.05) is 11.0 Å². The third kappa shape index (κ3) is 8.50. The number of nitrogens with one attached hydrogen (secondary N) is 1. The van der Waals surface area contributed by atoms with Crippen LogP contribution in [0.1, 0.15) is 43.7 Å². The molecule has 0 aliphatic heterocycles. The zero-order valence-electron chi connectivity index (χ0n) is 19.4. The number of aliphatic hydroxyl groups is 1. The molecular weight excluding hydrogens is 565 g/mol. The van der Waals surface area contributed by atoms with Crippen LogP contribution >= 0.6 is 15.9 Å². The highest BCUT2D eigenvalue weighted by molar-refractivity contribution is 9.09. The number of carbonyl (C=O) groups is 1. The van der Waals surface area contributed by atoms with Crippen LogP contribution in [-0.4, -0.2) is 42.7 Å². The fourth-order valence-electron chi connectivity index (χ4n) is 3.22. The van der Waals surface area contributed by atoms with Crippen molar-refractivity contribution in [1.29, 1.82) is 5.26 Å². The maximum absolute atomic E-state index is 13.2. The van der Waals surface area contributed by atoms with Crippen LogP contribution in [0.2, 0.25) is 0 Å². The molecule has 2 aromatic carbocycles. The summed E-state index contributed by atoms with van der Waals surface area (Å²) >= 11 is 3.37. The highest BCUT2D eigenvalue weighted by atomic mass is 79.9. The average Bonchev–Trinajstić information content (AvgIpc) is 2.80. The number of unbranched alkanes of at least 4 members (excludes halogenated alkanes) is 3. The molecule has 1 amide bonds. The van der Waals surface area contributed by atoms with Crippen LogP contribution in [0.4, 0.5) is 18.9 Å². The van der Waals surface area contributed by atoms with Gasteiger partial charge in [0.2, 0.25) is 0 Å². The molecule has 1 atom stereocenters. The molecule has 0 radical (unpaired) electrons. The van der Waals surface area contributed by atoms with Crippen molar-refractivity contribution >= 4 is 37.4 Å². The smallest absolute Gasteiger partial charge is 0.417 e. The first-order valence-corrected chi connectivity index (χ1v) is 13.7. The van der Waals surface area contributed by atoms with Crippen molar-refractivity contribution in [2.24, 2.45) is 0 Å². The summed E-state index contributed by atoms with van der Waals surface area (Å²) in [6.45, 7) is 1.43. The van der Waals surface area contributed by atoms with E-state index >= 15 is 0 Å². The van der Waals surface area contributed by atoms with Gasteiger partial charge in [-0.2, -0.15) is 18.4 Å². The Kier molecular flexibility index (Phi) is 10.3. The molecular formula is C24H26BrF3N2O5S. The minimum absolute atomic E-state index is 0.155. The van der Waals surface area contributed by atoms with Crippen molar-refractivity contribution in [2.45, 2.75) is 49.3 Å². The van der Waals surface area contributed by atoms with Crippen molar-refractivity contribution in [3.05, 3.63) is 53.6 Å². The van der Waals surface area contributed by atoms with E-state index < -0.39 is 44.4 Å². The number of anilines is 1. The Balaban J connectivity index is 2.05. The van der Waals surface area contributed by atoms with Gasteiger partial charge < -0.3 is 15.2 Å². The number of hydrogen-bond donors (Lipinski definition) is 2. The summed E-state index contributed by atoms with van der Waals surface area (Å²) in [5, 5.41) is 22.4. The molecule has 0 aliphatic rings. The predicted molar refractivity (Wildman–Crippen MR) is 132 cm³/mol. The lowest BCUT2D eigenvalue weighted by atomic mass is 10.1. The minimum Gasteiger partial charge on any atom is -0.494 e. The Hall–Kier alpha value is -2.62. The summed E-state index contributed by atoms with van der Waals surface area (Å²) in [4.78, 5) is 12.4. The second-order valence-corrected chi connectivity index (χ2v) is 11.1. The van der Waals surface area contributed by atoms with E-state index in [2.05, 4.69) is 21.2 Å². The Morgan fingerprint density at radius 2 is 1.75 bits per heavy atom. The number of rotatable bonds is 12. The maximum atomic E-state index is 13.2. The number of ether oxygens (including phenoxy) is 1. The minimum atomic E-state index is -4.85. The molecule has 2 aromatic rings. The summed E-state index contributed by atoms with van der Waals surface area (Å²) in [6.07, 6.45) is -0.824. The lowest BCUT2D eigenvalue weighted by Gasteiger charge is -2.22. The Bertz CT molecular complexity index is 1190. The van der Waals surface area contributed by atoms with Crippen LogP contribution < -0.4 is 10.1 Å². The summed E-state index contributed by atoms with van der Waals surface area (Å²) in [7, 11) is -4.14. The van der Waals surface area contributed by atoms with Crippen molar-refractivity contribution in [3.63, 3.8) is 0 Å². The van der Waals surface area contributed by atoms with Crippen LogP contribution in [0.25, 0.3) is 0 Å². The van der Waals surface area contributed by atoms with Gasteiger partial charge >= 0.3 is 6.18 Å². The Labute approximate surface area is 216 Å². The van der Waals surface area contributed by atoms with E-state index in [1.807, 2.05) is 0 Å². The second-order valence-electron chi connectivity index (χ2n) is 8.28.